The van der Waals surface area contributed by atoms with E-state index in [4.69, 9.17) is 18.8 Å². The van der Waals surface area contributed by atoms with Crippen LogP contribution in [-0.2, 0) is 30.3 Å². The molecule has 2 fully saturated rings. The summed E-state index contributed by atoms with van der Waals surface area (Å²) in [6, 6.07) is 16.9. The number of nitrogens with zero attached hydrogens (tertiary/aromatic N) is 3. The summed E-state index contributed by atoms with van der Waals surface area (Å²) in [5, 5.41) is 0. The van der Waals surface area contributed by atoms with E-state index in [9.17, 15) is 14.4 Å². The zero-order valence-electron chi connectivity index (χ0n) is 24.1. The lowest BCUT2D eigenvalue weighted by molar-refractivity contribution is -0.145. The lowest BCUT2D eigenvalue weighted by Crippen LogP contribution is -2.47. The fourth-order valence-corrected chi connectivity index (χ4v) is 5.09. The molecule has 0 spiro atoms. The average molecular weight is 571 g/mol. The number of rotatable bonds is 9. The van der Waals surface area contributed by atoms with Crippen molar-refractivity contribution < 1.29 is 33.2 Å². The number of carbonyl (C=O) groups excluding carboxylic acids is 3. The molecule has 1 amide bonds. The van der Waals surface area contributed by atoms with Crippen LogP contribution in [0.1, 0.15) is 29.7 Å². The molecule has 0 bridgehead atoms. The van der Waals surface area contributed by atoms with Crippen molar-refractivity contribution in [3.8, 4) is 22.8 Å². The number of carbonyl (C=O) groups is 3. The number of ether oxygens (including phenoxy) is 2. The smallest absolute Gasteiger partial charge is 0.494 e. The van der Waals surface area contributed by atoms with E-state index in [1.165, 1.54) is 4.90 Å². The van der Waals surface area contributed by atoms with Crippen LogP contribution >= 0.6 is 0 Å². The topological polar surface area (TPSA) is 108 Å². The first-order valence-electron chi connectivity index (χ1n) is 14.0. The second-order valence-electron chi connectivity index (χ2n) is 10.5. The van der Waals surface area contributed by atoms with Crippen molar-refractivity contribution in [3.05, 3.63) is 71.4 Å². The number of amides is 1. The van der Waals surface area contributed by atoms with E-state index >= 15 is 0 Å². The normalized spacial score (nSPS) is 16.1. The van der Waals surface area contributed by atoms with E-state index in [0.29, 0.717) is 43.3 Å². The summed E-state index contributed by atoms with van der Waals surface area (Å²) < 4.78 is 22.5. The number of pyridine rings is 1. The van der Waals surface area contributed by atoms with Crippen LogP contribution in [0.3, 0.4) is 0 Å². The Morgan fingerprint density at radius 2 is 1.64 bits per heavy atom. The highest BCUT2D eigenvalue weighted by Crippen LogP contribution is 2.30. The van der Waals surface area contributed by atoms with Crippen LogP contribution < -0.4 is 14.9 Å². The summed E-state index contributed by atoms with van der Waals surface area (Å²) in [7, 11) is 0.563. The molecule has 0 N–H and O–H groups in total. The van der Waals surface area contributed by atoms with Gasteiger partial charge in [-0.3, -0.25) is 19.3 Å². The molecule has 0 unspecified atom stereocenters. The summed E-state index contributed by atoms with van der Waals surface area (Å²) in [5.74, 6) is 0.427. The molecule has 2 aliphatic rings. The van der Waals surface area contributed by atoms with Crippen molar-refractivity contribution in [1.82, 2.24) is 14.8 Å². The molecule has 42 heavy (non-hydrogen) atoms. The van der Waals surface area contributed by atoms with E-state index in [1.54, 1.807) is 31.3 Å². The van der Waals surface area contributed by atoms with Crippen molar-refractivity contribution in [2.45, 2.75) is 33.3 Å². The molecule has 218 valence electrons. The van der Waals surface area contributed by atoms with E-state index in [0.717, 1.165) is 40.9 Å². The average Bonchev–Trinajstić information content (AvgIpc) is 3.36. The minimum atomic E-state index is -1.09. The highest BCUT2D eigenvalue weighted by atomic mass is 16.6. The van der Waals surface area contributed by atoms with Gasteiger partial charge in [-0.25, -0.2) is 4.98 Å². The van der Waals surface area contributed by atoms with Crippen LogP contribution in [0.2, 0.25) is 0 Å². The Morgan fingerprint density at radius 1 is 0.905 bits per heavy atom. The number of aryl methyl sites for hydroxylation is 1. The standard InChI is InChI=1S/C31H34BN3O7/c1-21-23(20-40-25-11-9-24(10-12-25)32-41-30(37)18-34(3)19-31(38)42-32)6-4-7-26(21)27-13-14-28(33-22(27)2)39-17-16-35-15-5-8-29(35)36/h4,6-7,9-14H,5,8,15-20H2,1-3H3. The Bertz CT molecular complexity index is 1440. The molecule has 11 heteroatoms. The van der Waals surface area contributed by atoms with E-state index < -0.39 is 19.1 Å². The highest BCUT2D eigenvalue weighted by molar-refractivity contribution is 6.64. The zero-order chi connectivity index (χ0) is 29.6. The first-order valence-corrected chi connectivity index (χ1v) is 14.0. The maximum Gasteiger partial charge on any atom is 0.636 e. The number of likely N-dealkylation sites (N-methyl/N-ethyl adjacent to an activating group) is 1. The van der Waals surface area contributed by atoms with Crippen molar-refractivity contribution in [3.63, 3.8) is 0 Å². The molecule has 3 aromatic rings. The highest BCUT2D eigenvalue weighted by Gasteiger charge is 2.33. The van der Waals surface area contributed by atoms with Gasteiger partial charge in [0.15, 0.2) is 0 Å². The molecule has 0 aliphatic carbocycles. The lowest BCUT2D eigenvalue weighted by atomic mass is 9.78. The molecule has 0 saturated carbocycles. The molecule has 2 saturated heterocycles. The third-order valence-electron chi connectivity index (χ3n) is 7.40. The van der Waals surface area contributed by atoms with Gasteiger partial charge in [-0.1, -0.05) is 30.3 Å². The number of hydrogen-bond acceptors (Lipinski definition) is 9. The molecule has 0 atom stereocenters. The largest absolute Gasteiger partial charge is 0.636 e. The van der Waals surface area contributed by atoms with Crippen molar-refractivity contribution in [2.24, 2.45) is 0 Å². The fraction of sp³-hybridized carbons (Fsp3) is 0.355. The minimum Gasteiger partial charge on any atom is -0.494 e. The summed E-state index contributed by atoms with van der Waals surface area (Å²) >= 11 is 0. The molecule has 2 aliphatic heterocycles. The summed E-state index contributed by atoms with van der Waals surface area (Å²) in [5.41, 5.74) is 5.58. The summed E-state index contributed by atoms with van der Waals surface area (Å²) in [6.07, 6.45) is 1.54. The van der Waals surface area contributed by atoms with Gasteiger partial charge in [0.1, 0.15) is 19.0 Å². The van der Waals surface area contributed by atoms with Gasteiger partial charge in [0, 0.05) is 35.8 Å². The molecule has 2 aromatic carbocycles. The molecule has 5 rings (SSSR count). The van der Waals surface area contributed by atoms with Crippen LogP contribution in [0.25, 0.3) is 11.1 Å². The van der Waals surface area contributed by atoms with Crippen molar-refractivity contribution in [1.29, 1.82) is 0 Å². The van der Waals surface area contributed by atoms with Crippen LogP contribution in [0.5, 0.6) is 11.6 Å². The molecule has 10 nitrogen and oxygen atoms in total. The summed E-state index contributed by atoms with van der Waals surface area (Å²) in [4.78, 5) is 43.9. The zero-order valence-corrected chi connectivity index (χ0v) is 24.1. The molecular weight excluding hydrogens is 537 g/mol. The van der Waals surface area contributed by atoms with Crippen LogP contribution in [0, 0.1) is 13.8 Å². The van der Waals surface area contributed by atoms with E-state index in [1.807, 2.05) is 36.1 Å². The predicted octanol–water partition coefficient (Wildman–Crippen LogP) is 2.67. The molecule has 0 radical (unpaired) electrons. The van der Waals surface area contributed by atoms with Gasteiger partial charge in [-0.05, 0) is 62.2 Å². The Labute approximate surface area is 245 Å². The fourth-order valence-electron chi connectivity index (χ4n) is 5.09. The maximum absolute atomic E-state index is 12.1. The first kappa shape index (κ1) is 29.1. The monoisotopic (exact) mass is 571 g/mol. The van der Waals surface area contributed by atoms with Crippen LogP contribution in [0.4, 0.5) is 0 Å². The quantitative estimate of drug-likeness (QED) is 0.359. The van der Waals surface area contributed by atoms with E-state index in [-0.39, 0.29) is 19.0 Å². The number of likely N-dealkylation sites (tertiary alicyclic amines) is 1. The second-order valence-corrected chi connectivity index (χ2v) is 10.5. The third kappa shape index (κ3) is 7.09. The van der Waals surface area contributed by atoms with Gasteiger partial charge in [-0.15, -0.1) is 0 Å². The van der Waals surface area contributed by atoms with Crippen molar-refractivity contribution >= 4 is 30.4 Å². The second kappa shape index (κ2) is 13.1. The number of aromatic nitrogens is 1. The Hall–Kier alpha value is -4.38. The number of benzene rings is 2. The number of hydrogen-bond donors (Lipinski definition) is 0. The Morgan fingerprint density at radius 3 is 2.31 bits per heavy atom. The van der Waals surface area contributed by atoms with Gasteiger partial charge >= 0.3 is 19.1 Å². The summed E-state index contributed by atoms with van der Waals surface area (Å²) in [6.45, 7) is 6.18. The van der Waals surface area contributed by atoms with E-state index in [2.05, 4.69) is 18.0 Å². The van der Waals surface area contributed by atoms with Gasteiger partial charge in [0.2, 0.25) is 11.8 Å². The van der Waals surface area contributed by atoms with Gasteiger partial charge in [0.05, 0.1) is 19.6 Å². The van der Waals surface area contributed by atoms with Gasteiger partial charge in [-0.2, -0.15) is 0 Å². The Balaban J connectivity index is 1.20. The van der Waals surface area contributed by atoms with Gasteiger partial charge < -0.3 is 23.7 Å². The third-order valence-corrected chi connectivity index (χ3v) is 7.40. The SMILES string of the molecule is Cc1nc(OCCN2CCCC2=O)ccc1-c1cccc(COc2ccc(B3OC(=O)CN(C)CC(=O)O3)cc2)c1C. The predicted molar refractivity (Wildman–Crippen MR) is 156 cm³/mol. The van der Waals surface area contributed by atoms with Gasteiger partial charge in [0.25, 0.3) is 0 Å². The first-order chi connectivity index (χ1) is 20.3. The van der Waals surface area contributed by atoms with Crippen molar-refractivity contribution in [2.75, 3.05) is 39.8 Å². The minimum absolute atomic E-state index is 0.0146. The molecular formula is C31H34BN3O7. The van der Waals surface area contributed by atoms with Crippen LogP contribution in [0.15, 0.2) is 54.6 Å². The van der Waals surface area contributed by atoms with Crippen LogP contribution in [-0.4, -0.2) is 79.6 Å². The maximum atomic E-state index is 12.1. The lowest BCUT2D eigenvalue weighted by Gasteiger charge is -2.22. The molecule has 3 heterocycles. The molecule has 1 aromatic heterocycles. The Kier molecular flexibility index (Phi) is 9.07.